The first-order valence-corrected chi connectivity index (χ1v) is 4.67. The van der Waals surface area contributed by atoms with Gasteiger partial charge in [-0.2, -0.15) is 0 Å². The number of likely N-dealkylation sites (tertiary alicyclic amines) is 1. The molecule has 64 valence electrons. The van der Waals surface area contributed by atoms with E-state index in [0.29, 0.717) is 0 Å². The van der Waals surface area contributed by atoms with E-state index in [-0.39, 0.29) is 0 Å². The summed E-state index contributed by atoms with van der Waals surface area (Å²) in [5, 5.41) is 7.65. The zero-order valence-electron chi connectivity index (χ0n) is 7.40. The molecule has 1 aliphatic rings. The Bertz CT molecular complexity index is 132. The summed E-state index contributed by atoms with van der Waals surface area (Å²) in [6.07, 6.45) is 5.99. The highest BCUT2D eigenvalue weighted by atomic mass is 15.2. The summed E-state index contributed by atoms with van der Waals surface area (Å²) >= 11 is 0. The van der Waals surface area contributed by atoms with E-state index in [1.807, 2.05) is 0 Å². The van der Waals surface area contributed by atoms with Gasteiger partial charge in [0.25, 0.3) is 0 Å². The zero-order chi connectivity index (χ0) is 8.10. The SMILES string of the molecule is CCCCN1CCCCC1=N. The average molecular weight is 154 g/mol. The highest BCUT2D eigenvalue weighted by Gasteiger charge is 2.12. The van der Waals surface area contributed by atoms with Gasteiger partial charge in [-0.15, -0.1) is 0 Å². The van der Waals surface area contributed by atoms with Gasteiger partial charge in [0, 0.05) is 19.5 Å². The Morgan fingerprint density at radius 1 is 1.45 bits per heavy atom. The fourth-order valence-corrected chi connectivity index (χ4v) is 1.48. The number of nitrogens with one attached hydrogen (secondary N) is 1. The molecule has 0 spiro atoms. The van der Waals surface area contributed by atoms with Gasteiger partial charge in [-0.05, 0) is 19.3 Å². The van der Waals surface area contributed by atoms with Crippen molar-refractivity contribution in [3.05, 3.63) is 0 Å². The summed E-state index contributed by atoms with van der Waals surface area (Å²) in [5.74, 6) is 0.865. The number of hydrogen-bond donors (Lipinski definition) is 1. The van der Waals surface area contributed by atoms with E-state index < -0.39 is 0 Å². The Kier molecular flexibility index (Phi) is 3.40. The summed E-state index contributed by atoms with van der Waals surface area (Å²) in [7, 11) is 0. The van der Waals surface area contributed by atoms with Crippen LogP contribution < -0.4 is 0 Å². The van der Waals surface area contributed by atoms with Crippen molar-refractivity contribution in [2.75, 3.05) is 13.1 Å². The Morgan fingerprint density at radius 3 is 2.91 bits per heavy atom. The Balaban J connectivity index is 2.24. The van der Waals surface area contributed by atoms with Gasteiger partial charge >= 0.3 is 0 Å². The summed E-state index contributed by atoms with van der Waals surface area (Å²) in [4.78, 5) is 2.23. The van der Waals surface area contributed by atoms with Crippen molar-refractivity contribution in [3.63, 3.8) is 0 Å². The quantitative estimate of drug-likeness (QED) is 0.663. The molecular formula is C9H18N2. The molecule has 0 radical (unpaired) electrons. The predicted octanol–water partition coefficient (Wildman–Crippen LogP) is 2.25. The van der Waals surface area contributed by atoms with Gasteiger partial charge in [-0.1, -0.05) is 13.3 Å². The first-order valence-electron chi connectivity index (χ1n) is 4.67. The molecule has 0 atom stereocenters. The smallest absolute Gasteiger partial charge is 0.0957 e. The number of rotatable bonds is 3. The molecule has 1 heterocycles. The molecule has 0 aromatic heterocycles. The van der Waals surface area contributed by atoms with Gasteiger partial charge in [0.15, 0.2) is 0 Å². The van der Waals surface area contributed by atoms with Crippen LogP contribution in [0.25, 0.3) is 0 Å². The zero-order valence-corrected chi connectivity index (χ0v) is 7.40. The third-order valence-corrected chi connectivity index (χ3v) is 2.25. The lowest BCUT2D eigenvalue weighted by Gasteiger charge is -2.29. The Morgan fingerprint density at radius 2 is 2.27 bits per heavy atom. The van der Waals surface area contributed by atoms with Gasteiger partial charge in [-0.25, -0.2) is 0 Å². The predicted molar refractivity (Wildman–Crippen MR) is 48.1 cm³/mol. The molecule has 0 aromatic carbocycles. The molecule has 1 rings (SSSR count). The second kappa shape index (κ2) is 4.37. The van der Waals surface area contributed by atoms with E-state index in [2.05, 4.69) is 11.8 Å². The van der Waals surface area contributed by atoms with E-state index in [0.717, 1.165) is 25.3 Å². The van der Waals surface area contributed by atoms with Crippen molar-refractivity contribution in [1.82, 2.24) is 4.90 Å². The lowest BCUT2D eigenvalue weighted by Crippen LogP contribution is -2.35. The van der Waals surface area contributed by atoms with Crippen molar-refractivity contribution >= 4 is 5.84 Å². The van der Waals surface area contributed by atoms with Crippen LogP contribution >= 0.6 is 0 Å². The first kappa shape index (κ1) is 8.57. The molecule has 1 N–H and O–H groups in total. The second-order valence-corrected chi connectivity index (χ2v) is 3.24. The number of unbranched alkanes of at least 4 members (excludes halogenated alkanes) is 1. The van der Waals surface area contributed by atoms with Crippen LogP contribution in [0.4, 0.5) is 0 Å². The van der Waals surface area contributed by atoms with Crippen molar-refractivity contribution in [2.24, 2.45) is 0 Å². The fraction of sp³-hybridized carbons (Fsp3) is 0.889. The molecule has 1 saturated heterocycles. The van der Waals surface area contributed by atoms with E-state index in [9.17, 15) is 0 Å². The van der Waals surface area contributed by atoms with Crippen molar-refractivity contribution < 1.29 is 0 Å². The van der Waals surface area contributed by atoms with E-state index in [1.54, 1.807) is 0 Å². The highest BCUT2D eigenvalue weighted by Crippen LogP contribution is 2.11. The van der Waals surface area contributed by atoms with Crippen LogP contribution in [0.2, 0.25) is 0 Å². The lowest BCUT2D eigenvalue weighted by molar-refractivity contribution is 0.360. The molecule has 1 aliphatic heterocycles. The topological polar surface area (TPSA) is 27.1 Å². The minimum Gasteiger partial charge on any atom is -0.361 e. The molecule has 0 unspecified atom stereocenters. The summed E-state index contributed by atoms with van der Waals surface area (Å²) in [6.45, 7) is 4.43. The van der Waals surface area contributed by atoms with Crippen LogP contribution in [0.5, 0.6) is 0 Å². The monoisotopic (exact) mass is 154 g/mol. The number of amidine groups is 1. The third kappa shape index (κ3) is 2.52. The van der Waals surface area contributed by atoms with E-state index in [1.165, 1.54) is 25.7 Å². The van der Waals surface area contributed by atoms with Gasteiger partial charge in [0.05, 0.1) is 5.84 Å². The normalized spacial score (nSPS) is 19.0. The standard InChI is InChI=1S/C9H18N2/c1-2-3-7-11-8-5-4-6-9(11)10/h10H,2-8H2,1H3. The molecule has 1 fully saturated rings. The lowest BCUT2D eigenvalue weighted by atomic mass is 10.1. The summed E-state index contributed by atoms with van der Waals surface area (Å²) in [5.41, 5.74) is 0. The molecule has 0 aliphatic carbocycles. The van der Waals surface area contributed by atoms with Crippen molar-refractivity contribution in [1.29, 1.82) is 5.41 Å². The molecule has 0 amide bonds. The number of piperidine rings is 1. The Labute approximate surface area is 69.1 Å². The van der Waals surface area contributed by atoms with Gasteiger partial charge in [0.2, 0.25) is 0 Å². The van der Waals surface area contributed by atoms with Crippen LogP contribution in [0.1, 0.15) is 39.0 Å². The average Bonchev–Trinajstić information content (AvgIpc) is 2.03. The highest BCUT2D eigenvalue weighted by molar-refractivity contribution is 5.79. The Hall–Kier alpha value is -0.530. The van der Waals surface area contributed by atoms with Gasteiger partial charge in [0.1, 0.15) is 0 Å². The molecule has 0 aromatic rings. The van der Waals surface area contributed by atoms with Crippen LogP contribution in [0.15, 0.2) is 0 Å². The maximum atomic E-state index is 7.65. The van der Waals surface area contributed by atoms with Crippen LogP contribution in [-0.4, -0.2) is 23.8 Å². The van der Waals surface area contributed by atoms with Crippen LogP contribution in [0, 0.1) is 5.41 Å². The first-order chi connectivity index (χ1) is 5.34. The largest absolute Gasteiger partial charge is 0.361 e. The molecule has 2 nitrogen and oxygen atoms in total. The molecule has 0 saturated carbocycles. The van der Waals surface area contributed by atoms with Crippen LogP contribution in [-0.2, 0) is 0 Å². The van der Waals surface area contributed by atoms with Crippen molar-refractivity contribution in [2.45, 2.75) is 39.0 Å². The van der Waals surface area contributed by atoms with E-state index in [4.69, 9.17) is 5.41 Å². The van der Waals surface area contributed by atoms with Crippen LogP contribution in [0.3, 0.4) is 0 Å². The molecule has 0 bridgehead atoms. The summed E-state index contributed by atoms with van der Waals surface area (Å²) in [6, 6.07) is 0. The van der Waals surface area contributed by atoms with Gasteiger partial charge in [-0.3, -0.25) is 5.41 Å². The number of hydrogen-bond acceptors (Lipinski definition) is 1. The third-order valence-electron chi connectivity index (χ3n) is 2.25. The second-order valence-electron chi connectivity index (χ2n) is 3.24. The fourth-order valence-electron chi connectivity index (χ4n) is 1.48. The van der Waals surface area contributed by atoms with Gasteiger partial charge < -0.3 is 4.90 Å². The maximum absolute atomic E-state index is 7.65. The molecule has 11 heavy (non-hydrogen) atoms. The molecular weight excluding hydrogens is 136 g/mol. The maximum Gasteiger partial charge on any atom is 0.0957 e. The minimum atomic E-state index is 0.865. The number of nitrogens with zero attached hydrogens (tertiary/aromatic N) is 1. The van der Waals surface area contributed by atoms with Crippen molar-refractivity contribution in [3.8, 4) is 0 Å². The molecule has 2 heteroatoms. The van der Waals surface area contributed by atoms with E-state index >= 15 is 0 Å². The minimum absolute atomic E-state index is 0.865. The summed E-state index contributed by atoms with van der Waals surface area (Å²) < 4.78 is 0.